The first-order chi connectivity index (χ1) is 15.9. The van der Waals surface area contributed by atoms with Gasteiger partial charge in [0.05, 0.1) is 11.7 Å². The van der Waals surface area contributed by atoms with Crippen LogP contribution in [-0.4, -0.2) is 21.2 Å². The van der Waals surface area contributed by atoms with Gasteiger partial charge >= 0.3 is 0 Å². The van der Waals surface area contributed by atoms with E-state index < -0.39 is 0 Å². The van der Waals surface area contributed by atoms with Crippen LogP contribution >= 0.6 is 0 Å². The molecule has 0 bridgehead atoms. The molecule has 0 saturated carbocycles. The third-order valence-corrected chi connectivity index (χ3v) is 5.29. The number of imidazole rings is 1. The Bertz CT molecular complexity index is 1290. The summed E-state index contributed by atoms with van der Waals surface area (Å²) in [5.41, 5.74) is 4.99. The predicted molar refractivity (Wildman–Crippen MR) is 127 cm³/mol. The smallest absolute Gasteiger partial charge is 0.251 e. The predicted octanol–water partition coefficient (Wildman–Crippen LogP) is 4.67. The summed E-state index contributed by atoms with van der Waals surface area (Å²) in [5.74, 6) is 0.341. The number of hydrogen-bond acceptors (Lipinski definition) is 4. The number of fused-ring (bicyclic) bond motifs is 1. The Morgan fingerprint density at radius 1 is 1.09 bits per heavy atom. The van der Waals surface area contributed by atoms with Gasteiger partial charge in [-0.05, 0) is 67.4 Å². The van der Waals surface area contributed by atoms with Crippen LogP contribution in [0.2, 0.25) is 0 Å². The summed E-state index contributed by atoms with van der Waals surface area (Å²) in [7, 11) is 0. The highest BCUT2D eigenvalue weighted by atomic mass is 16.5. The number of ether oxygens (including phenoxy) is 1. The van der Waals surface area contributed by atoms with Crippen molar-refractivity contribution in [3.63, 3.8) is 0 Å². The second kappa shape index (κ2) is 9.56. The van der Waals surface area contributed by atoms with Crippen molar-refractivity contribution in [3.8, 4) is 5.75 Å². The summed E-state index contributed by atoms with van der Waals surface area (Å²) in [6.45, 7) is 5.73. The number of hydrogen-bond donors (Lipinski definition) is 2. The van der Waals surface area contributed by atoms with Crippen LogP contribution in [0, 0.1) is 6.92 Å². The Labute approximate surface area is 192 Å². The second-order valence-electron chi connectivity index (χ2n) is 7.97. The number of benzene rings is 2. The van der Waals surface area contributed by atoms with Gasteiger partial charge in [0, 0.05) is 30.6 Å². The van der Waals surface area contributed by atoms with Crippen LogP contribution in [0.1, 0.15) is 47.1 Å². The molecule has 0 fully saturated rings. The largest absolute Gasteiger partial charge is 0.487 e. The van der Waals surface area contributed by atoms with Crippen LogP contribution in [0.3, 0.4) is 0 Å². The van der Waals surface area contributed by atoms with Crippen LogP contribution < -0.4 is 15.4 Å². The molecule has 7 heteroatoms. The monoisotopic (exact) mass is 442 g/mol. The van der Waals surface area contributed by atoms with Crippen LogP contribution in [0.4, 0.5) is 5.69 Å². The third-order valence-electron chi connectivity index (χ3n) is 5.29. The molecule has 33 heavy (non-hydrogen) atoms. The molecule has 0 spiro atoms. The van der Waals surface area contributed by atoms with E-state index >= 15 is 0 Å². The van der Waals surface area contributed by atoms with E-state index in [-0.39, 0.29) is 17.9 Å². The average molecular weight is 443 g/mol. The normalized spacial score (nSPS) is 11.7. The molecule has 0 radical (unpaired) electrons. The highest BCUT2D eigenvalue weighted by Gasteiger charge is 2.13. The average Bonchev–Trinajstić information content (AvgIpc) is 3.22. The fourth-order valence-corrected chi connectivity index (χ4v) is 3.59. The summed E-state index contributed by atoms with van der Waals surface area (Å²) in [5, 5.41) is 5.74. The van der Waals surface area contributed by atoms with Gasteiger partial charge in [-0.3, -0.25) is 9.59 Å². The van der Waals surface area contributed by atoms with Crippen LogP contribution in [0.25, 0.3) is 5.65 Å². The number of aryl methyl sites for hydroxylation is 1. The minimum Gasteiger partial charge on any atom is -0.487 e. The maximum Gasteiger partial charge on any atom is 0.251 e. The maximum atomic E-state index is 12.7. The summed E-state index contributed by atoms with van der Waals surface area (Å²) < 4.78 is 7.83. The molecule has 0 aliphatic carbocycles. The lowest BCUT2D eigenvalue weighted by Crippen LogP contribution is -2.26. The first-order valence-electron chi connectivity index (χ1n) is 10.7. The van der Waals surface area contributed by atoms with Crippen molar-refractivity contribution in [2.45, 2.75) is 33.4 Å². The van der Waals surface area contributed by atoms with Crippen LogP contribution in [-0.2, 0) is 11.4 Å². The van der Waals surface area contributed by atoms with Crippen molar-refractivity contribution in [2.75, 3.05) is 5.32 Å². The van der Waals surface area contributed by atoms with Crippen LogP contribution in [0.5, 0.6) is 5.75 Å². The minimum atomic E-state index is -0.222. The van der Waals surface area contributed by atoms with Crippen molar-refractivity contribution in [3.05, 3.63) is 95.4 Å². The van der Waals surface area contributed by atoms with Gasteiger partial charge in [-0.2, -0.15) is 0 Å². The van der Waals surface area contributed by atoms with Gasteiger partial charge in [-0.25, -0.2) is 4.98 Å². The lowest BCUT2D eigenvalue weighted by Gasteiger charge is -2.16. The zero-order valence-corrected chi connectivity index (χ0v) is 18.8. The van der Waals surface area contributed by atoms with Gasteiger partial charge in [-0.1, -0.05) is 18.2 Å². The van der Waals surface area contributed by atoms with Gasteiger partial charge in [0.25, 0.3) is 5.91 Å². The van der Waals surface area contributed by atoms with E-state index in [2.05, 4.69) is 15.6 Å². The molecule has 4 rings (SSSR count). The summed E-state index contributed by atoms with van der Waals surface area (Å²) in [6, 6.07) is 18.2. The van der Waals surface area contributed by atoms with Crippen molar-refractivity contribution in [1.82, 2.24) is 14.7 Å². The molecular formula is C26H26N4O3. The van der Waals surface area contributed by atoms with E-state index in [4.69, 9.17) is 4.74 Å². The van der Waals surface area contributed by atoms with Crippen molar-refractivity contribution < 1.29 is 14.3 Å². The molecule has 1 atom stereocenters. The van der Waals surface area contributed by atoms with Gasteiger partial charge in [0.15, 0.2) is 0 Å². The highest BCUT2D eigenvalue weighted by molar-refractivity contribution is 5.94. The number of amides is 2. The summed E-state index contributed by atoms with van der Waals surface area (Å²) in [6.07, 6.45) is 3.91. The first kappa shape index (κ1) is 22.1. The highest BCUT2D eigenvalue weighted by Crippen LogP contribution is 2.19. The molecule has 4 aromatic rings. The van der Waals surface area contributed by atoms with E-state index in [0.29, 0.717) is 23.6 Å². The van der Waals surface area contributed by atoms with Crippen molar-refractivity contribution in [2.24, 2.45) is 0 Å². The van der Waals surface area contributed by atoms with E-state index in [1.165, 1.54) is 6.92 Å². The summed E-state index contributed by atoms with van der Waals surface area (Å²) >= 11 is 0. The van der Waals surface area contributed by atoms with Crippen molar-refractivity contribution >= 4 is 23.1 Å². The number of aromatic nitrogens is 2. The third kappa shape index (κ3) is 5.38. The second-order valence-corrected chi connectivity index (χ2v) is 7.97. The van der Waals surface area contributed by atoms with E-state index in [9.17, 15) is 9.59 Å². The van der Waals surface area contributed by atoms with Gasteiger partial charge in [0.2, 0.25) is 5.91 Å². The molecule has 1 unspecified atom stereocenters. The molecule has 2 aromatic carbocycles. The molecule has 7 nitrogen and oxygen atoms in total. The number of pyridine rings is 1. The molecule has 2 heterocycles. The zero-order chi connectivity index (χ0) is 23.4. The zero-order valence-electron chi connectivity index (χ0n) is 18.8. The Kier molecular flexibility index (Phi) is 6.40. The van der Waals surface area contributed by atoms with E-state index in [0.717, 1.165) is 22.5 Å². The standard InChI is InChI=1S/C26H26N4O3/c1-17-6-5-13-30-15-23(29-25(17)30)16-33-24-11-9-20(10-12-24)26(32)27-18(2)21-7-4-8-22(14-21)28-19(3)31/h4-15,18H,16H2,1-3H3,(H,27,32)(H,28,31). The number of nitrogens with zero attached hydrogens (tertiary/aromatic N) is 2. The summed E-state index contributed by atoms with van der Waals surface area (Å²) in [4.78, 5) is 28.6. The Morgan fingerprint density at radius 2 is 1.88 bits per heavy atom. The van der Waals surface area contributed by atoms with Crippen molar-refractivity contribution in [1.29, 1.82) is 0 Å². The Balaban J connectivity index is 1.35. The SMILES string of the molecule is CC(=O)Nc1cccc(C(C)NC(=O)c2ccc(OCc3cn4cccc(C)c4n3)cc2)c1. The van der Waals surface area contributed by atoms with Gasteiger partial charge in [-0.15, -0.1) is 0 Å². The Morgan fingerprint density at radius 3 is 2.61 bits per heavy atom. The first-order valence-corrected chi connectivity index (χ1v) is 10.7. The molecule has 0 aliphatic heterocycles. The minimum absolute atomic E-state index is 0.137. The molecular weight excluding hydrogens is 416 g/mol. The van der Waals surface area contributed by atoms with E-state index in [1.807, 2.05) is 67.0 Å². The maximum absolute atomic E-state index is 12.7. The van der Waals surface area contributed by atoms with E-state index in [1.54, 1.807) is 24.3 Å². The lowest BCUT2D eigenvalue weighted by atomic mass is 10.1. The molecule has 0 saturated heterocycles. The Hall–Kier alpha value is -4.13. The number of carbonyl (C=O) groups is 2. The van der Waals surface area contributed by atoms with Crippen LogP contribution in [0.15, 0.2) is 73.1 Å². The fraction of sp³-hybridized carbons (Fsp3) is 0.192. The lowest BCUT2D eigenvalue weighted by molar-refractivity contribution is -0.114. The van der Waals surface area contributed by atoms with Gasteiger partial charge in [0.1, 0.15) is 18.0 Å². The molecule has 2 aromatic heterocycles. The van der Waals surface area contributed by atoms with Gasteiger partial charge < -0.3 is 19.8 Å². The number of rotatable bonds is 7. The number of nitrogens with one attached hydrogen (secondary N) is 2. The molecule has 168 valence electrons. The fourth-order valence-electron chi connectivity index (χ4n) is 3.59. The number of carbonyl (C=O) groups excluding carboxylic acids is 2. The quantitative estimate of drug-likeness (QED) is 0.436. The molecule has 2 amide bonds. The molecule has 0 aliphatic rings. The topological polar surface area (TPSA) is 84.7 Å². The molecule has 2 N–H and O–H groups in total. The number of anilines is 1.